The first-order valence-electron chi connectivity index (χ1n) is 20.3. The van der Waals surface area contributed by atoms with Gasteiger partial charge in [-0.2, -0.15) is 0 Å². The predicted octanol–water partition coefficient (Wildman–Crippen LogP) is 14.7. The number of hydrogen-bond donors (Lipinski definition) is 0. The van der Waals surface area contributed by atoms with Gasteiger partial charge in [0, 0.05) is 21.9 Å². The Labute approximate surface area is 340 Å². The number of fused-ring (bicyclic) bond motifs is 6. The SMILES string of the molecule is CC1(c2ccccc2-c2ccc(-n3c4ccccc4c4cc(-c5cccc(-c6cccc(Cc7ccccc7)c6)c5)ccc43)cc2)c2ccccc2-c2ccccc21. The fraction of sp³-hybridized carbons (Fsp3) is 0.0526. The second-order valence-electron chi connectivity index (χ2n) is 15.8. The molecule has 0 fully saturated rings. The van der Waals surface area contributed by atoms with Crippen molar-refractivity contribution in [3.05, 3.63) is 246 Å². The van der Waals surface area contributed by atoms with E-state index >= 15 is 0 Å². The molecule has 11 rings (SSSR count). The van der Waals surface area contributed by atoms with Crippen molar-refractivity contribution >= 4 is 21.8 Å². The Morgan fingerprint density at radius 1 is 0.345 bits per heavy atom. The average Bonchev–Trinajstić information content (AvgIpc) is 3.76. The molecule has 0 saturated heterocycles. The Morgan fingerprint density at radius 2 is 0.845 bits per heavy atom. The lowest BCUT2D eigenvalue weighted by molar-refractivity contribution is 0.716. The fourth-order valence-electron chi connectivity index (χ4n) is 9.71. The zero-order valence-electron chi connectivity index (χ0n) is 32.4. The summed E-state index contributed by atoms with van der Waals surface area (Å²) in [6, 6.07) is 80.4. The van der Waals surface area contributed by atoms with Crippen molar-refractivity contribution in [3.8, 4) is 50.2 Å². The molecule has 1 nitrogen and oxygen atoms in total. The summed E-state index contributed by atoms with van der Waals surface area (Å²) >= 11 is 0. The van der Waals surface area contributed by atoms with Crippen LogP contribution in [0.3, 0.4) is 0 Å². The molecule has 274 valence electrons. The highest BCUT2D eigenvalue weighted by Crippen LogP contribution is 2.54. The van der Waals surface area contributed by atoms with Crippen LogP contribution in [0.15, 0.2) is 218 Å². The summed E-state index contributed by atoms with van der Waals surface area (Å²) in [5.74, 6) is 0. The second kappa shape index (κ2) is 13.8. The van der Waals surface area contributed by atoms with Crippen molar-refractivity contribution in [2.45, 2.75) is 18.8 Å². The Hall–Kier alpha value is -7.22. The Bertz CT molecular complexity index is 3100. The maximum atomic E-state index is 2.42. The van der Waals surface area contributed by atoms with E-state index in [2.05, 4.69) is 230 Å². The standard InChI is InChI=1S/C57H41N/c1-57(53-26-10-6-22-48(53)49-23-7-11-27-54(49)57)52-25-9-5-21-47(52)41-29-32-46(33-30-41)58-55-28-12-8-24-50(55)51-38-45(31-34-56(51)58)44-20-14-19-43(37-44)42-18-13-17-40(36-42)35-39-15-3-2-4-16-39/h2-34,36-38H,35H2,1H3. The largest absolute Gasteiger partial charge is 0.309 e. The molecule has 0 spiro atoms. The molecule has 1 aromatic heterocycles. The minimum Gasteiger partial charge on any atom is -0.309 e. The maximum absolute atomic E-state index is 2.42. The molecule has 58 heavy (non-hydrogen) atoms. The van der Waals surface area contributed by atoms with Crippen LogP contribution in [-0.2, 0) is 11.8 Å². The van der Waals surface area contributed by atoms with Crippen LogP contribution in [0.25, 0.3) is 72.0 Å². The fourth-order valence-corrected chi connectivity index (χ4v) is 9.71. The number of nitrogens with zero attached hydrogens (tertiary/aromatic N) is 1. The van der Waals surface area contributed by atoms with Gasteiger partial charge in [0.05, 0.1) is 11.0 Å². The lowest BCUT2D eigenvalue weighted by Crippen LogP contribution is -2.23. The second-order valence-corrected chi connectivity index (χ2v) is 15.8. The minimum atomic E-state index is -0.265. The molecule has 0 radical (unpaired) electrons. The number of rotatable bonds is 7. The maximum Gasteiger partial charge on any atom is 0.0541 e. The number of para-hydroxylation sites is 1. The topological polar surface area (TPSA) is 4.93 Å². The molecule has 0 bridgehead atoms. The highest BCUT2D eigenvalue weighted by Gasteiger charge is 2.41. The van der Waals surface area contributed by atoms with E-state index in [0.29, 0.717) is 0 Å². The third-order valence-corrected chi connectivity index (χ3v) is 12.5. The monoisotopic (exact) mass is 739 g/mol. The highest BCUT2D eigenvalue weighted by molar-refractivity contribution is 6.10. The third kappa shape index (κ3) is 5.54. The van der Waals surface area contributed by atoms with Crippen molar-refractivity contribution in [1.82, 2.24) is 4.57 Å². The van der Waals surface area contributed by atoms with E-state index in [1.54, 1.807) is 0 Å². The van der Waals surface area contributed by atoms with E-state index in [9.17, 15) is 0 Å². The first-order valence-corrected chi connectivity index (χ1v) is 20.3. The van der Waals surface area contributed by atoms with Crippen molar-refractivity contribution in [2.75, 3.05) is 0 Å². The van der Waals surface area contributed by atoms with E-state index in [4.69, 9.17) is 0 Å². The van der Waals surface area contributed by atoms with Gasteiger partial charge in [-0.3, -0.25) is 0 Å². The van der Waals surface area contributed by atoms with Gasteiger partial charge in [-0.15, -0.1) is 0 Å². The lowest BCUT2D eigenvalue weighted by atomic mass is 9.72. The summed E-state index contributed by atoms with van der Waals surface area (Å²) in [4.78, 5) is 0. The molecule has 10 aromatic rings. The summed E-state index contributed by atoms with van der Waals surface area (Å²) < 4.78 is 2.42. The van der Waals surface area contributed by atoms with E-state index < -0.39 is 0 Å². The van der Waals surface area contributed by atoms with Crippen LogP contribution in [0.1, 0.15) is 34.7 Å². The van der Waals surface area contributed by atoms with Crippen LogP contribution in [-0.4, -0.2) is 4.57 Å². The quantitative estimate of drug-likeness (QED) is 0.153. The molecule has 1 heterocycles. The van der Waals surface area contributed by atoms with E-state index in [1.165, 1.54) is 94.1 Å². The van der Waals surface area contributed by atoms with Crippen LogP contribution in [0.2, 0.25) is 0 Å². The molecule has 0 amide bonds. The molecule has 0 saturated carbocycles. The molecule has 0 atom stereocenters. The average molecular weight is 740 g/mol. The number of benzene rings is 9. The first kappa shape index (κ1) is 34.1. The summed E-state index contributed by atoms with van der Waals surface area (Å²) in [6.07, 6.45) is 0.925. The van der Waals surface area contributed by atoms with E-state index in [0.717, 1.165) is 12.1 Å². The van der Waals surface area contributed by atoms with Crippen LogP contribution in [0.5, 0.6) is 0 Å². The number of hydrogen-bond acceptors (Lipinski definition) is 0. The molecule has 1 heteroatoms. The van der Waals surface area contributed by atoms with Crippen LogP contribution in [0.4, 0.5) is 0 Å². The van der Waals surface area contributed by atoms with Crippen molar-refractivity contribution < 1.29 is 0 Å². The Morgan fingerprint density at radius 3 is 1.55 bits per heavy atom. The van der Waals surface area contributed by atoms with Crippen molar-refractivity contribution in [2.24, 2.45) is 0 Å². The highest BCUT2D eigenvalue weighted by atomic mass is 15.0. The van der Waals surface area contributed by atoms with Gasteiger partial charge in [0.1, 0.15) is 0 Å². The molecule has 0 unspecified atom stereocenters. The van der Waals surface area contributed by atoms with Gasteiger partial charge < -0.3 is 4.57 Å². The minimum absolute atomic E-state index is 0.265. The Balaban J connectivity index is 0.957. The molecule has 9 aromatic carbocycles. The molecule has 1 aliphatic carbocycles. The van der Waals surface area contributed by atoms with Crippen molar-refractivity contribution in [3.63, 3.8) is 0 Å². The van der Waals surface area contributed by atoms with Gasteiger partial charge in [-0.1, -0.05) is 182 Å². The normalized spacial score (nSPS) is 12.8. The van der Waals surface area contributed by atoms with Crippen molar-refractivity contribution in [1.29, 1.82) is 0 Å². The van der Waals surface area contributed by atoms with Gasteiger partial charge in [-0.25, -0.2) is 0 Å². The zero-order chi connectivity index (χ0) is 38.6. The van der Waals surface area contributed by atoms with E-state index in [-0.39, 0.29) is 5.41 Å². The smallest absolute Gasteiger partial charge is 0.0541 e. The summed E-state index contributed by atoms with van der Waals surface area (Å²) in [5, 5.41) is 2.51. The third-order valence-electron chi connectivity index (χ3n) is 12.5. The summed E-state index contributed by atoms with van der Waals surface area (Å²) in [6.45, 7) is 2.40. The first-order chi connectivity index (χ1) is 28.6. The molecular weight excluding hydrogens is 699 g/mol. The number of aromatic nitrogens is 1. The molecule has 0 N–H and O–H groups in total. The molecular formula is C57H41N. The summed E-state index contributed by atoms with van der Waals surface area (Å²) in [5.41, 5.74) is 20.1. The molecule has 1 aliphatic rings. The lowest BCUT2D eigenvalue weighted by Gasteiger charge is -2.30. The van der Waals surface area contributed by atoms with Gasteiger partial charge in [-0.05, 0) is 122 Å². The van der Waals surface area contributed by atoms with Gasteiger partial charge in [0.15, 0.2) is 0 Å². The summed E-state index contributed by atoms with van der Waals surface area (Å²) in [7, 11) is 0. The molecule has 0 aliphatic heterocycles. The van der Waals surface area contributed by atoms with Crippen LogP contribution in [0, 0.1) is 0 Å². The van der Waals surface area contributed by atoms with Crippen LogP contribution >= 0.6 is 0 Å². The predicted molar refractivity (Wildman–Crippen MR) is 244 cm³/mol. The van der Waals surface area contributed by atoms with Gasteiger partial charge in [0.2, 0.25) is 0 Å². The Kier molecular flexibility index (Phi) is 8.08. The van der Waals surface area contributed by atoms with Gasteiger partial charge in [0.25, 0.3) is 0 Å². The van der Waals surface area contributed by atoms with Gasteiger partial charge >= 0.3 is 0 Å². The van der Waals surface area contributed by atoms with Crippen LogP contribution < -0.4 is 0 Å². The van der Waals surface area contributed by atoms with E-state index in [1.807, 2.05) is 0 Å². The zero-order valence-corrected chi connectivity index (χ0v) is 32.4.